The highest BCUT2D eigenvalue weighted by molar-refractivity contribution is 5.41. The summed E-state index contributed by atoms with van der Waals surface area (Å²) in [5.41, 5.74) is 2.95. The molecule has 0 unspecified atom stereocenters. The summed E-state index contributed by atoms with van der Waals surface area (Å²) in [5.74, 6) is 1.98. The lowest BCUT2D eigenvalue weighted by Crippen LogP contribution is -2.47. The molecule has 1 aliphatic carbocycles. The van der Waals surface area contributed by atoms with Crippen molar-refractivity contribution in [2.24, 2.45) is 5.92 Å². The number of nitrogens with one attached hydrogen (secondary N) is 1. The Morgan fingerprint density at radius 1 is 1.20 bits per heavy atom. The van der Waals surface area contributed by atoms with E-state index in [1.54, 1.807) is 0 Å². The lowest BCUT2D eigenvalue weighted by Gasteiger charge is -2.43. The molecular weight excluding hydrogens is 248 g/mol. The molecule has 3 nitrogen and oxygen atoms in total. The van der Waals surface area contributed by atoms with E-state index in [9.17, 15) is 0 Å². The van der Waals surface area contributed by atoms with Gasteiger partial charge in [0, 0.05) is 38.6 Å². The molecule has 3 aliphatic rings. The zero-order valence-electron chi connectivity index (χ0n) is 12.1. The highest BCUT2D eigenvalue weighted by Gasteiger charge is 2.34. The van der Waals surface area contributed by atoms with E-state index in [1.165, 1.54) is 43.5 Å². The maximum atomic E-state index is 5.66. The lowest BCUT2D eigenvalue weighted by molar-refractivity contribution is 0.0837. The van der Waals surface area contributed by atoms with Crippen molar-refractivity contribution in [3.63, 3.8) is 0 Å². The van der Waals surface area contributed by atoms with Crippen molar-refractivity contribution in [2.75, 3.05) is 32.8 Å². The van der Waals surface area contributed by atoms with E-state index >= 15 is 0 Å². The Labute approximate surface area is 121 Å². The van der Waals surface area contributed by atoms with Crippen LogP contribution in [0.2, 0.25) is 0 Å². The zero-order valence-corrected chi connectivity index (χ0v) is 12.1. The molecule has 0 bridgehead atoms. The van der Waals surface area contributed by atoms with Crippen molar-refractivity contribution >= 4 is 0 Å². The van der Waals surface area contributed by atoms with Crippen LogP contribution in [0, 0.1) is 5.92 Å². The van der Waals surface area contributed by atoms with Crippen LogP contribution in [0.1, 0.15) is 36.4 Å². The van der Waals surface area contributed by atoms with Crippen LogP contribution in [0.5, 0.6) is 5.75 Å². The van der Waals surface area contributed by atoms with E-state index in [-0.39, 0.29) is 0 Å². The minimum atomic E-state index is 0.636. The average molecular weight is 272 g/mol. The van der Waals surface area contributed by atoms with Crippen LogP contribution in [0.15, 0.2) is 18.2 Å². The second-order valence-electron chi connectivity index (χ2n) is 6.39. The molecule has 1 atom stereocenters. The van der Waals surface area contributed by atoms with E-state index in [1.807, 2.05) is 0 Å². The Kier molecular flexibility index (Phi) is 3.41. The smallest absolute Gasteiger partial charge is 0.122 e. The van der Waals surface area contributed by atoms with Crippen molar-refractivity contribution in [1.82, 2.24) is 10.2 Å². The third kappa shape index (κ3) is 2.23. The van der Waals surface area contributed by atoms with Crippen molar-refractivity contribution in [3.8, 4) is 5.75 Å². The Bertz CT molecular complexity index is 478. The highest BCUT2D eigenvalue weighted by Crippen LogP contribution is 2.42. The first kappa shape index (κ1) is 12.7. The normalized spacial score (nSPS) is 24.8. The van der Waals surface area contributed by atoms with E-state index in [0.29, 0.717) is 6.04 Å². The maximum Gasteiger partial charge on any atom is 0.122 e. The van der Waals surface area contributed by atoms with Gasteiger partial charge in [-0.3, -0.25) is 4.90 Å². The average Bonchev–Trinajstić information content (AvgIpc) is 2.91. The standard InChI is InChI=1S/C17H24N2O/c1-2-13(3-1)17(19-9-7-18-8-10-19)15-4-5-16-14(12-15)6-11-20-16/h4-5,12-13,17-18H,1-3,6-11H2/t17-/m1/s1. The third-order valence-corrected chi connectivity index (χ3v) is 5.20. The minimum absolute atomic E-state index is 0.636. The molecule has 2 fully saturated rings. The summed E-state index contributed by atoms with van der Waals surface area (Å²) < 4.78 is 5.66. The summed E-state index contributed by atoms with van der Waals surface area (Å²) >= 11 is 0. The van der Waals surface area contributed by atoms with Gasteiger partial charge in [-0.05, 0) is 36.0 Å². The molecular formula is C17H24N2O. The molecule has 0 amide bonds. The van der Waals surface area contributed by atoms with Gasteiger partial charge < -0.3 is 10.1 Å². The van der Waals surface area contributed by atoms with Gasteiger partial charge in [0.1, 0.15) is 5.75 Å². The molecule has 20 heavy (non-hydrogen) atoms. The molecule has 1 aromatic carbocycles. The van der Waals surface area contributed by atoms with Crippen molar-refractivity contribution < 1.29 is 4.74 Å². The monoisotopic (exact) mass is 272 g/mol. The Morgan fingerprint density at radius 2 is 2.05 bits per heavy atom. The number of piperazine rings is 1. The molecule has 2 aliphatic heterocycles. The Morgan fingerprint density at radius 3 is 2.80 bits per heavy atom. The second kappa shape index (κ2) is 5.38. The first-order chi connectivity index (χ1) is 9.92. The number of ether oxygens (including phenoxy) is 1. The summed E-state index contributed by atoms with van der Waals surface area (Å²) in [6, 6.07) is 7.57. The SMILES string of the molecule is c1cc2c(cc1[C@@H](C1CCC1)N1CCNCC1)CCO2. The fourth-order valence-electron chi connectivity index (χ4n) is 3.89. The molecule has 2 heterocycles. The van der Waals surface area contributed by atoms with Gasteiger partial charge in [0.2, 0.25) is 0 Å². The largest absolute Gasteiger partial charge is 0.493 e. The van der Waals surface area contributed by atoms with Crippen LogP contribution in [0.3, 0.4) is 0 Å². The summed E-state index contributed by atoms with van der Waals surface area (Å²) in [6.07, 6.45) is 5.31. The maximum absolute atomic E-state index is 5.66. The molecule has 1 saturated heterocycles. The number of hydrogen-bond donors (Lipinski definition) is 1. The number of nitrogens with zero attached hydrogens (tertiary/aromatic N) is 1. The molecule has 1 aromatic rings. The van der Waals surface area contributed by atoms with Crippen LogP contribution in [0.4, 0.5) is 0 Å². The predicted molar refractivity (Wildman–Crippen MR) is 80.2 cm³/mol. The lowest BCUT2D eigenvalue weighted by atomic mass is 9.76. The highest BCUT2D eigenvalue weighted by atomic mass is 16.5. The molecule has 0 aromatic heterocycles. The van der Waals surface area contributed by atoms with Crippen LogP contribution in [-0.4, -0.2) is 37.7 Å². The molecule has 1 N–H and O–H groups in total. The molecule has 1 saturated carbocycles. The van der Waals surface area contributed by atoms with Gasteiger partial charge in [-0.25, -0.2) is 0 Å². The van der Waals surface area contributed by atoms with Crippen LogP contribution in [-0.2, 0) is 6.42 Å². The van der Waals surface area contributed by atoms with E-state index in [4.69, 9.17) is 4.74 Å². The molecule has 3 heteroatoms. The number of hydrogen-bond acceptors (Lipinski definition) is 3. The van der Waals surface area contributed by atoms with Crippen molar-refractivity contribution in [2.45, 2.75) is 31.7 Å². The van der Waals surface area contributed by atoms with E-state index in [2.05, 4.69) is 28.4 Å². The molecule has 4 rings (SSSR count). The quantitative estimate of drug-likeness (QED) is 0.914. The summed E-state index contributed by atoms with van der Waals surface area (Å²) in [4.78, 5) is 2.71. The summed E-state index contributed by atoms with van der Waals surface area (Å²) in [5, 5.41) is 3.48. The van der Waals surface area contributed by atoms with Gasteiger partial charge in [-0.1, -0.05) is 18.6 Å². The first-order valence-corrected chi connectivity index (χ1v) is 8.12. The summed E-state index contributed by atoms with van der Waals surface area (Å²) in [7, 11) is 0. The van der Waals surface area contributed by atoms with E-state index < -0.39 is 0 Å². The zero-order chi connectivity index (χ0) is 13.4. The van der Waals surface area contributed by atoms with Gasteiger partial charge in [0.15, 0.2) is 0 Å². The summed E-state index contributed by atoms with van der Waals surface area (Å²) in [6.45, 7) is 5.51. The second-order valence-corrected chi connectivity index (χ2v) is 6.39. The fraction of sp³-hybridized carbons (Fsp3) is 0.647. The van der Waals surface area contributed by atoms with Gasteiger partial charge in [-0.2, -0.15) is 0 Å². The topological polar surface area (TPSA) is 24.5 Å². The van der Waals surface area contributed by atoms with Gasteiger partial charge in [0.25, 0.3) is 0 Å². The fourth-order valence-corrected chi connectivity index (χ4v) is 3.89. The number of fused-ring (bicyclic) bond motifs is 1. The molecule has 0 radical (unpaired) electrons. The van der Waals surface area contributed by atoms with Crippen LogP contribution >= 0.6 is 0 Å². The van der Waals surface area contributed by atoms with Crippen LogP contribution in [0.25, 0.3) is 0 Å². The van der Waals surface area contributed by atoms with Crippen molar-refractivity contribution in [1.29, 1.82) is 0 Å². The van der Waals surface area contributed by atoms with Crippen LogP contribution < -0.4 is 10.1 Å². The Hall–Kier alpha value is -1.06. The van der Waals surface area contributed by atoms with Crippen molar-refractivity contribution in [3.05, 3.63) is 29.3 Å². The van der Waals surface area contributed by atoms with Gasteiger partial charge in [0.05, 0.1) is 6.61 Å². The van der Waals surface area contributed by atoms with Gasteiger partial charge >= 0.3 is 0 Å². The minimum Gasteiger partial charge on any atom is -0.493 e. The first-order valence-electron chi connectivity index (χ1n) is 8.12. The predicted octanol–water partition coefficient (Wildman–Crippen LogP) is 2.37. The molecule has 108 valence electrons. The molecule has 0 spiro atoms. The number of rotatable bonds is 3. The van der Waals surface area contributed by atoms with E-state index in [0.717, 1.165) is 37.8 Å². The van der Waals surface area contributed by atoms with Gasteiger partial charge in [-0.15, -0.1) is 0 Å². The third-order valence-electron chi connectivity index (χ3n) is 5.20. The number of benzene rings is 1. The Balaban J connectivity index is 1.63.